The van der Waals surface area contributed by atoms with E-state index >= 15 is 0 Å². The van der Waals surface area contributed by atoms with E-state index in [9.17, 15) is 9.50 Å². The lowest BCUT2D eigenvalue weighted by molar-refractivity contribution is 0.441. The molecule has 78 valence electrons. The Labute approximate surface area is 84.6 Å². The maximum absolute atomic E-state index is 13.4. The van der Waals surface area contributed by atoms with E-state index in [2.05, 4.69) is 0 Å². The molecule has 0 atom stereocenters. The molecule has 0 unspecified atom stereocenters. The van der Waals surface area contributed by atoms with E-state index in [4.69, 9.17) is 0 Å². The van der Waals surface area contributed by atoms with Gasteiger partial charge < -0.3 is 5.11 Å². The van der Waals surface area contributed by atoms with Gasteiger partial charge in [-0.2, -0.15) is 0 Å². The summed E-state index contributed by atoms with van der Waals surface area (Å²) in [5.74, 6) is -0.0361. The highest BCUT2D eigenvalue weighted by Crippen LogP contribution is 2.32. The number of benzene rings is 1. The molecule has 0 radical (unpaired) electrons. The molecule has 0 aliphatic rings. The van der Waals surface area contributed by atoms with Crippen LogP contribution in [-0.2, 0) is 11.8 Å². The summed E-state index contributed by atoms with van der Waals surface area (Å²) in [7, 11) is 0. The summed E-state index contributed by atoms with van der Waals surface area (Å²) in [6.07, 6.45) is 0.601. The van der Waals surface area contributed by atoms with Gasteiger partial charge >= 0.3 is 0 Å². The van der Waals surface area contributed by atoms with Gasteiger partial charge in [0, 0.05) is 5.56 Å². The summed E-state index contributed by atoms with van der Waals surface area (Å²) in [4.78, 5) is 0. The van der Waals surface area contributed by atoms with Gasteiger partial charge in [-0.05, 0) is 29.5 Å². The van der Waals surface area contributed by atoms with E-state index < -0.39 is 0 Å². The first-order chi connectivity index (χ1) is 6.36. The number of rotatable bonds is 1. The van der Waals surface area contributed by atoms with Crippen LogP contribution in [0.25, 0.3) is 0 Å². The number of aryl methyl sites for hydroxylation is 1. The monoisotopic (exact) mass is 196 g/mol. The van der Waals surface area contributed by atoms with Gasteiger partial charge in [0.15, 0.2) is 0 Å². The van der Waals surface area contributed by atoms with Crippen LogP contribution in [0.15, 0.2) is 12.1 Å². The molecular formula is C12H17FO. The highest BCUT2D eigenvalue weighted by atomic mass is 19.1. The summed E-state index contributed by atoms with van der Waals surface area (Å²) in [6.45, 7) is 7.72. The number of hydrogen-bond donors (Lipinski definition) is 1. The van der Waals surface area contributed by atoms with E-state index in [1.54, 1.807) is 0 Å². The molecule has 0 heterocycles. The maximum atomic E-state index is 13.4. The van der Waals surface area contributed by atoms with E-state index in [-0.39, 0.29) is 17.0 Å². The smallest absolute Gasteiger partial charge is 0.126 e. The molecule has 0 aliphatic carbocycles. The second-order valence-corrected chi connectivity index (χ2v) is 4.56. The predicted octanol–water partition coefficient (Wildman–Crippen LogP) is 3.39. The molecule has 0 bridgehead atoms. The van der Waals surface area contributed by atoms with Gasteiger partial charge in [-0.25, -0.2) is 4.39 Å². The lowest BCUT2D eigenvalue weighted by Gasteiger charge is -2.21. The van der Waals surface area contributed by atoms with E-state index in [0.29, 0.717) is 17.5 Å². The second-order valence-electron chi connectivity index (χ2n) is 4.56. The number of halogens is 1. The van der Waals surface area contributed by atoms with Crippen LogP contribution >= 0.6 is 0 Å². The Morgan fingerprint density at radius 3 is 2.29 bits per heavy atom. The third kappa shape index (κ3) is 2.06. The van der Waals surface area contributed by atoms with Crippen LogP contribution in [0, 0.1) is 5.82 Å². The molecule has 1 nitrogen and oxygen atoms in total. The van der Waals surface area contributed by atoms with Gasteiger partial charge in [-0.15, -0.1) is 0 Å². The summed E-state index contributed by atoms with van der Waals surface area (Å²) in [6, 6.07) is 2.96. The van der Waals surface area contributed by atoms with Crippen LogP contribution in [0.1, 0.15) is 38.8 Å². The molecule has 14 heavy (non-hydrogen) atoms. The molecule has 0 saturated heterocycles. The van der Waals surface area contributed by atoms with Crippen molar-refractivity contribution >= 4 is 0 Å². The summed E-state index contributed by atoms with van der Waals surface area (Å²) < 4.78 is 13.4. The quantitative estimate of drug-likeness (QED) is 0.730. The van der Waals surface area contributed by atoms with Crippen LogP contribution in [0.4, 0.5) is 4.39 Å². The number of phenolic OH excluding ortho intramolecular Hbond substituents is 1. The van der Waals surface area contributed by atoms with Gasteiger partial charge in [-0.3, -0.25) is 0 Å². The first-order valence-electron chi connectivity index (χ1n) is 4.88. The Balaban J connectivity index is 3.29. The Bertz CT molecular complexity index is 337. The highest BCUT2D eigenvalue weighted by Gasteiger charge is 2.19. The molecule has 0 aromatic heterocycles. The van der Waals surface area contributed by atoms with Crippen LogP contribution in [0.3, 0.4) is 0 Å². The fraction of sp³-hybridized carbons (Fsp3) is 0.500. The van der Waals surface area contributed by atoms with Crippen molar-refractivity contribution in [3.63, 3.8) is 0 Å². The molecule has 1 aromatic rings. The molecule has 0 saturated carbocycles. The van der Waals surface area contributed by atoms with Crippen LogP contribution in [-0.4, -0.2) is 5.11 Å². The van der Waals surface area contributed by atoms with Crippen molar-refractivity contribution in [1.82, 2.24) is 0 Å². The first-order valence-corrected chi connectivity index (χ1v) is 4.88. The number of hydrogen-bond acceptors (Lipinski definition) is 1. The van der Waals surface area contributed by atoms with Crippen LogP contribution in [0.2, 0.25) is 0 Å². The van der Waals surface area contributed by atoms with Gasteiger partial charge in [0.25, 0.3) is 0 Å². The average molecular weight is 196 g/mol. The molecule has 1 rings (SSSR count). The first kappa shape index (κ1) is 11.0. The minimum atomic E-state index is -0.227. The molecule has 0 aliphatic heterocycles. The minimum Gasteiger partial charge on any atom is -0.508 e. The van der Waals surface area contributed by atoms with Crippen molar-refractivity contribution in [1.29, 1.82) is 0 Å². The Morgan fingerprint density at radius 2 is 1.86 bits per heavy atom. The van der Waals surface area contributed by atoms with Crippen LogP contribution < -0.4 is 0 Å². The fourth-order valence-electron chi connectivity index (χ4n) is 1.48. The minimum absolute atomic E-state index is 0.191. The molecule has 0 amide bonds. The molecule has 2 heteroatoms. The van der Waals surface area contributed by atoms with E-state index in [0.717, 1.165) is 0 Å². The zero-order valence-corrected chi connectivity index (χ0v) is 9.19. The third-order valence-electron chi connectivity index (χ3n) is 2.35. The zero-order valence-electron chi connectivity index (χ0n) is 9.19. The van der Waals surface area contributed by atoms with Gasteiger partial charge in [-0.1, -0.05) is 27.7 Å². The van der Waals surface area contributed by atoms with E-state index in [1.807, 2.05) is 27.7 Å². The van der Waals surface area contributed by atoms with Crippen molar-refractivity contribution < 1.29 is 9.50 Å². The van der Waals surface area contributed by atoms with Gasteiger partial charge in [0.2, 0.25) is 0 Å². The molecule has 1 N–H and O–H groups in total. The van der Waals surface area contributed by atoms with Crippen molar-refractivity contribution in [2.45, 2.75) is 39.5 Å². The molecule has 0 fully saturated rings. The Kier molecular flexibility index (Phi) is 2.84. The van der Waals surface area contributed by atoms with Crippen molar-refractivity contribution in [2.24, 2.45) is 0 Å². The molecule has 0 spiro atoms. The lowest BCUT2D eigenvalue weighted by Crippen LogP contribution is -2.12. The average Bonchev–Trinajstić information content (AvgIpc) is 2.06. The standard InChI is InChI=1S/C12H17FO/c1-5-8-6-11(14)9(7-10(8)13)12(2,3)4/h6-7,14H,5H2,1-4H3. The van der Waals surface area contributed by atoms with Crippen molar-refractivity contribution in [2.75, 3.05) is 0 Å². The third-order valence-corrected chi connectivity index (χ3v) is 2.35. The van der Waals surface area contributed by atoms with E-state index in [1.165, 1.54) is 12.1 Å². The van der Waals surface area contributed by atoms with Crippen molar-refractivity contribution in [3.05, 3.63) is 29.1 Å². The Morgan fingerprint density at radius 1 is 1.29 bits per heavy atom. The molecular weight excluding hydrogens is 179 g/mol. The number of aromatic hydroxyl groups is 1. The lowest BCUT2D eigenvalue weighted by atomic mass is 9.85. The topological polar surface area (TPSA) is 20.2 Å². The largest absolute Gasteiger partial charge is 0.508 e. The normalized spacial score (nSPS) is 11.8. The summed E-state index contributed by atoms with van der Waals surface area (Å²) >= 11 is 0. The number of phenols is 1. The van der Waals surface area contributed by atoms with Crippen LogP contribution in [0.5, 0.6) is 5.75 Å². The second kappa shape index (κ2) is 3.60. The maximum Gasteiger partial charge on any atom is 0.126 e. The predicted molar refractivity (Wildman–Crippen MR) is 56.1 cm³/mol. The van der Waals surface area contributed by atoms with Crippen molar-refractivity contribution in [3.8, 4) is 5.75 Å². The summed E-state index contributed by atoms with van der Waals surface area (Å²) in [5, 5.41) is 9.72. The Hall–Kier alpha value is -1.05. The SMILES string of the molecule is CCc1cc(O)c(C(C)(C)C)cc1F. The molecule has 1 aromatic carbocycles. The zero-order chi connectivity index (χ0) is 10.9. The van der Waals surface area contributed by atoms with Gasteiger partial charge in [0.05, 0.1) is 0 Å². The summed E-state index contributed by atoms with van der Waals surface area (Å²) in [5.41, 5.74) is 1.000. The highest BCUT2D eigenvalue weighted by molar-refractivity contribution is 5.41. The fourth-order valence-corrected chi connectivity index (χ4v) is 1.48. The van der Waals surface area contributed by atoms with Gasteiger partial charge in [0.1, 0.15) is 11.6 Å².